The third-order valence-corrected chi connectivity index (χ3v) is 11.2. The molecule has 27 heavy (non-hydrogen) atoms. The molecule has 1 saturated carbocycles. The van der Waals surface area contributed by atoms with Crippen molar-refractivity contribution in [3.05, 3.63) is 0 Å². The molecule has 1 heterocycles. The molecule has 2 aliphatic rings. The van der Waals surface area contributed by atoms with Crippen LogP contribution >= 0.6 is 0 Å². The molecule has 2 fully saturated rings. The zero-order valence-corrected chi connectivity index (χ0v) is 18.7. The second-order valence-corrected chi connectivity index (χ2v) is 14.6. The summed E-state index contributed by atoms with van der Waals surface area (Å²) in [7, 11) is -1.91. The first-order valence-electron chi connectivity index (χ1n) is 10.3. The van der Waals surface area contributed by atoms with Crippen molar-refractivity contribution in [2.45, 2.75) is 83.4 Å². The highest BCUT2D eigenvalue weighted by molar-refractivity contribution is 6.74. The number of amides is 1. The zero-order chi connectivity index (χ0) is 20.2. The van der Waals surface area contributed by atoms with E-state index in [1.165, 1.54) is 0 Å². The van der Waals surface area contributed by atoms with E-state index < -0.39 is 14.4 Å². The third-order valence-electron chi connectivity index (χ3n) is 6.71. The maximum Gasteiger partial charge on any atom is 0.217 e. The van der Waals surface area contributed by atoms with Crippen LogP contribution in [0.25, 0.3) is 0 Å². The Kier molecular flexibility index (Phi) is 7.90. The largest absolute Gasteiger partial charge is 0.417 e. The highest BCUT2D eigenvalue weighted by atomic mass is 28.4. The number of rotatable bonds is 8. The fraction of sp³-hybridized carbons (Fsp3) is 0.950. The molecular weight excluding hydrogens is 362 g/mol. The van der Waals surface area contributed by atoms with Gasteiger partial charge in [-0.05, 0) is 61.6 Å². The van der Waals surface area contributed by atoms with Gasteiger partial charge >= 0.3 is 0 Å². The van der Waals surface area contributed by atoms with Crippen molar-refractivity contribution in [1.82, 2.24) is 0 Å². The van der Waals surface area contributed by atoms with E-state index in [-0.39, 0.29) is 41.4 Å². The first-order chi connectivity index (χ1) is 12.5. The van der Waals surface area contributed by atoms with Gasteiger partial charge in [-0.2, -0.15) is 0 Å². The molecule has 2 rings (SSSR count). The fourth-order valence-electron chi connectivity index (χ4n) is 3.86. The molecule has 0 aromatic carbocycles. The summed E-state index contributed by atoms with van der Waals surface area (Å²) in [5, 5.41) is 10.7. The van der Waals surface area contributed by atoms with Gasteiger partial charge in [0.2, 0.25) is 5.91 Å². The lowest BCUT2D eigenvalue weighted by Crippen LogP contribution is -2.43. The standard InChI is InChI=1S/C20H39NO5Si/c1-20(2,3)27(4,5)26-13-16-14(10-17(22)15(16)11-18(21)23)12-25-19-8-6-7-9-24-19/h14-17,19,22H,6-13H2,1-5H3,(H2,21,23)/t14-,15+,16-,17-,19?/m0/s1. The van der Waals surface area contributed by atoms with Gasteiger partial charge in [-0.3, -0.25) is 4.79 Å². The van der Waals surface area contributed by atoms with Gasteiger partial charge in [0, 0.05) is 19.6 Å². The molecule has 1 amide bonds. The first kappa shape index (κ1) is 22.8. The van der Waals surface area contributed by atoms with Crippen molar-refractivity contribution in [1.29, 1.82) is 0 Å². The van der Waals surface area contributed by atoms with Crippen LogP contribution in [0.2, 0.25) is 18.1 Å². The number of hydrogen-bond acceptors (Lipinski definition) is 5. The highest BCUT2D eigenvalue weighted by Crippen LogP contribution is 2.43. The van der Waals surface area contributed by atoms with Gasteiger partial charge in [0.05, 0.1) is 12.7 Å². The van der Waals surface area contributed by atoms with Gasteiger partial charge in [-0.15, -0.1) is 0 Å². The average molecular weight is 402 g/mol. The molecule has 7 heteroatoms. The van der Waals surface area contributed by atoms with E-state index in [0.717, 1.165) is 25.9 Å². The summed E-state index contributed by atoms with van der Waals surface area (Å²) >= 11 is 0. The Morgan fingerprint density at radius 3 is 2.48 bits per heavy atom. The number of primary amides is 1. The molecule has 0 aromatic heterocycles. The van der Waals surface area contributed by atoms with Crippen molar-refractivity contribution in [2.24, 2.45) is 23.5 Å². The van der Waals surface area contributed by atoms with Crippen LogP contribution in [0, 0.1) is 17.8 Å². The number of carbonyl (C=O) groups is 1. The zero-order valence-electron chi connectivity index (χ0n) is 17.7. The minimum atomic E-state index is -1.91. The summed E-state index contributed by atoms with van der Waals surface area (Å²) < 4.78 is 18.1. The smallest absolute Gasteiger partial charge is 0.217 e. The van der Waals surface area contributed by atoms with E-state index in [2.05, 4.69) is 33.9 Å². The molecule has 1 saturated heterocycles. The van der Waals surface area contributed by atoms with Gasteiger partial charge in [0.15, 0.2) is 14.6 Å². The molecule has 3 N–H and O–H groups in total. The maximum absolute atomic E-state index is 11.5. The maximum atomic E-state index is 11.5. The molecule has 5 atom stereocenters. The van der Waals surface area contributed by atoms with Crippen molar-refractivity contribution in [2.75, 3.05) is 19.8 Å². The van der Waals surface area contributed by atoms with E-state index >= 15 is 0 Å². The number of carbonyl (C=O) groups excluding carboxylic acids is 1. The number of nitrogens with two attached hydrogens (primary N) is 1. The van der Waals surface area contributed by atoms with Crippen molar-refractivity contribution in [3.63, 3.8) is 0 Å². The Morgan fingerprint density at radius 1 is 1.22 bits per heavy atom. The number of aliphatic hydroxyl groups is 1. The van der Waals surface area contributed by atoms with Gasteiger partial charge in [0.1, 0.15) is 0 Å². The predicted octanol–water partition coefficient (Wildman–Crippen LogP) is 3.04. The minimum Gasteiger partial charge on any atom is -0.417 e. The summed E-state index contributed by atoms with van der Waals surface area (Å²) in [6, 6.07) is 0. The number of aliphatic hydroxyl groups excluding tert-OH is 1. The van der Waals surface area contributed by atoms with Crippen LogP contribution < -0.4 is 5.73 Å². The van der Waals surface area contributed by atoms with Gasteiger partial charge in [0.25, 0.3) is 0 Å². The topological polar surface area (TPSA) is 91.0 Å². The SMILES string of the molecule is CC(C)(C)[Si](C)(C)OC[C@H]1[C@H](COC2CCCCO2)C[C@H](O)[C@@H]1CC(N)=O. The van der Waals surface area contributed by atoms with E-state index in [4.69, 9.17) is 19.6 Å². The molecule has 158 valence electrons. The molecule has 0 bridgehead atoms. The van der Waals surface area contributed by atoms with Crippen molar-refractivity contribution >= 4 is 14.2 Å². The quantitative estimate of drug-likeness (QED) is 0.610. The van der Waals surface area contributed by atoms with Crippen LogP contribution in [0.15, 0.2) is 0 Å². The van der Waals surface area contributed by atoms with Gasteiger partial charge < -0.3 is 24.7 Å². The average Bonchev–Trinajstić information content (AvgIpc) is 2.86. The summed E-state index contributed by atoms with van der Waals surface area (Å²) in [6.07, 6.45) is 3.27. The Hall–Kier alpha value is -0.473. The second-order valence-electron chi connectivity index (χ2n) is 9.76. The van der Waals surface area contributed by atoms with E-state index in [9.17, 15) is 9.90 Å². The lowest BCUT2D eigenvalue weighted by molar-refractivity contribution is -0.171. The minimum absolute atomic E-state index is 0.0743. The summed E-state index contributed by atoms with van der Waals surface area (Å²) in [6.45, 7) is 12.9. The molecule has 1 aliphatic carbocycles. The van der Waals surface area contributed by atoms with Crippen LogP contribution in [0.4, 0.5) is 0 Å². The van der Waals surface area contributed by atoms with Crippen LogP contribution in [0.1, 0.15) is 52.9 Å². The molecule has 0 radical (unpaired) electrons. The molecule has 0 aromatic rings. The lowest BCUT2D eigenvalue weighted by atomic mass is 9.87. The Morgan fingerprint density at radius 2 is 1.93 bits per heavy atom. The highest BCUT2D eigenvalue weighted by Gasteiger charge is 2.45. The monoisotopic (exact) mass is 401 g/mol. The third kappa shape index (κ3) is 6.26. The first-order valence-corrected chi connectivity index (χ1v) is 13.3. The molecular formula is C20H39NO5Si. The van der Waals surface area contributed by atoms with Crippen LogP contribution in [-0.4, -0.2) is 51.5 Å². The molecule has 0 spiro atoms. The normalized spacial score (nSPS) is 32.6. The number of ether oxygens (including phenoxy) is 2. The summed E-state index contributed by atoms with van der Waals surface area (Å²) in [5.41, 5.74) is 5.45. The van der Waals surface area contributed by atoms with Crippen LogP contribution in [0.5, 0.6) is 0 Å². The molecule has 1 aliphatic heterocycles. The second kappa shape index (κ2) is 9.35. The molecule has 1 unspecified atom stereocenters. The lowest BCUT2D eigenvalue weighted by Gasteiger charge is -2.38. The molecule has 6 nitrogen and oxygen atoms in total. The van der Waals surface area contributed by atoms with E-state index in [0.29, 0.717) is 19.6 Å². The fourth-order valence-corrected chi connectivity index (χ4v) is 4.90. The van der Waals surface area contributed by atoms with E-state index in [1.807, 2.05) is 0 Å². The van der Waals surface area contributed by atoms with Crippen molar-refractivity contribution in [3.8, 4) is 0 Å². The van der Waals surface area contributed by atoms with Crippen LogP contribution in [-0.2, 0) is 18.7 Å². The Balaban J connectivity index is 2.02. The summed E-state index contributed by atoms with van der Waals surface area (Å²) in [4.78, 5) is 11.5. The number of hydrogen-bond donors (Lipinski definition) is 2. The van der Waals surface area contributed by atoms with Gasteiger partial charge in [-0.1, -0.05) is 20.8 Å². The van der Waals surface area contributed by atoms with Gasteiger partial charge in [-0.25, -0.2) is 0 Å². The summed E-state index contributed by atoms with van der Waals surface area (Å²) in [5.74, 6) is -0.299. The van der Waals surface area contributed by atoms with Crippen molar-refractivity contribution < 1.29 is 23.8 Å². The Labute approximate surface area is 165 Å². The van der Waals surface area contributed by atoms with E-state index in [1.54, 1.807) is 0 Å². The predicted molar refractivity (Wildman–Crippen MR) is 108 cm³/mol. The Bertz CT molecular complexity index is 487. The van der Waals surface area contributed by atoms with Crippen LogP contribution in [0.3, 0.4) is 0 Å².